The number of aliphatic hydroxyl groups is 1. The molecule has 1 aliphatic rings. The van der Waals surface area contributed by atoms with Crippen molar-refractivity contribution in [3.05, 3.63) is 16.1 Å². The Morgan fingerprint density at radius 1 is 1.65 bits per heavy atom. The summed E-state index contributed by atoms with van der Waals surface area (Å²) >= 11 is 1.43. The number of carbonyl (C=O) groups excluding carboxylic acids is 1. The van der Waals surface area contributed by atoms with Gasteiger partial charge in [0.1, 0.15) is 4.88 Å². The Morgan fingerprint density at radius 3 is 2.88 bits per heavy atom. The van der Waals surface area contributed by atoms with Crippen molar-refractivity contribution >= 4 is 17.2 Å². The van der Waals surface area contributed by atoms with Crippen LogP contribution in [0, 0.1) is 12.3 Å². The number of nitrogens with zero attached hydrogens (tertiary/aromatic N) is 2. The Bertz CT molecular complexity index is 428. The predicted octanol–water partition coefficient (Wildman–Crippen LogP) is 1.68. The minimum absolute atomic E-state index is 0.0376. The molecule has 1 aromatic heterocycles. The number of hydrogen-bond acceptors (Lipinski definition) is 4. The first-order valence-electron chi connectivity index (χ1n) is 5.80. The molecule has 1 atom stereocenters. The zero-order valence-corrected chi connectivity index (χ0v) is 11.3. The van der Waals surface area contributed by atoms with Gasteiger partial charge in [0.05, 0.1) is 17.3 Å². The van der Waals surface area contributed by atoms with Crippen molar-refractivity contribution < 1.29 is 9.90 Å². The highest BCUT2D eigenvalue weighted by Gasteiger charge is 2.36. The molecule has 1 unspecified atom stereocenters. The van der Waals surface area contributed by atoms with E-state index in [-0.39, 0.29) is 17.4 Å². The molecule has 1 aliphatic heterocycles. The van der Waals surface area contributed by atoms with Crippen LogP contribution >= 0.6 is 11.3 Å². The first kappa shape index (κ1) is 12.5. The third-order valence-electron chi connectivity index (χ3n) is 3.29. The molecule has 0 spiro atoms. The van der Waals surface area contributed by atoms with Crippen LogP contribution in [0.3, 0.4) is 0 Å². The highest BCUT2D eigenvalue weighted by Crippen LogP contribution is 2.30. The topological polar surface area (TPSA) is 53.4 Å². The summed E-state index contributed by atoms with van der Waals surface area (Å²) in [5, 5.41) is 10.8. The average Bonchev–Trinajstić information content (AvgIpc) is 2.68. The smallest absolute Gasteiger partial charge is 0.265 e. The number of thiazole rings is 1. The van der Waals surface area contributed by atoms with Gasteiger partial charge in [-0.25, -0.2) is 4.98 Å². The monoisotopic (exact) mass is 254 g/mol. The third-order valence-corrected chi connectivity index (χ3v) is 4.19. The van der Waals surface area contributed by atoms with E-state index in [0.29, 0.717) is 24.4 Å². The summed E-state index contributed by atoms with van der Waals surface area (Å²) in [6.45, 7) is 7.11. The van der Waals surface area contributed by atoms with Crippen molar-refractivity contribution in [3.63, 3.8) is 0 Å². The van der Waals surface area contributed by atoms with Gasteiger partial charge < -0.3 is 10.0 Å². The SMILES string of the molecule is Cc1ncc(C(=O)N2CCC(O)C(C)(C)C2)s1. The highest BCUT2D eigenvalue weighted by atomic mass is 32.1. The second-order valence-electron chi connectivity index (χ2n) is 5.26. The molecule has 4 nitrogen and oxygen atoms in total. The van der Waals surface area contributed by atoms with Crippen LogP contribution in [0.1, 0.15) is 34.9 Å². The van der Waals surface area contributed by atoms with Crippen LogP contribution in [-0.2, 0) is 0 Å². The van der Waals surface area contributed by atoms with Crippen molar-refractivity contribution in [1.29, 1.82) is 0 Å². The van der Waals surface area contributed by atoms with Gasteiger partial charge in [0.25, 0.3) is 5.91 Å². The van der Waals surface area contributed by atoms with E-state index < -0.39 is 0 Å². The van der Waals surface area contributed by atoms with Crippen molar-refractivity contribution in [2.45, 2.75) is 33.3 Å². The Hall–Kier alpha value is -0.940. The van der Waals surface area contributed by atoms with E-state index in [9.17, 15) is 9.90 Å². The molecule has 0 saturated carbocycles. The predicted molar refractivity (Wildman–Crippen MR) is 67.2 cm³/mol. The van der Waals surface area contributed by atoms with Crippen LogP contribution in [0.2, 0.25) is 0 Å². The van der Waals surface area contributed by atoms with Crippen LogP contribution in [0.15, 0.2) is 6.20 Å². The maximum Gasteiger partial charge on any atom is 0.265 e. The zero-order chi connectivity index (χ0) is 12.6. The molecule has 94 valence electrons. The Balaban J connectivity index is 2.11. The second kappa shape index (κ2) is 4.38. The molecule has 0 bridgehead atoms. The molecule has 2 rings (SSSR count). The number of piperidine rings is 1. The number of carbonyl (C=O) groups is 1. The molecule has 1 aromatic rings. The molecule has 1 N–H and O–H groups in total. The molecule has 0 radical (unpaired) electrons. The van der Waals surface area contributed by atoms with E-state index in [4.69, 9.17) is 0 Å². The summed E-state index contributed by atoms with van der Waals surface area (Å²) < 4.78 is 0. The van der Waals surface area contributed by atoms with E-state index >= 15 is 0 Å². The van der Waals surface area contributed by atoms with Crippen molar-refractivity contribution in [2.24, 2.45) is 5.41 Å². The lowest BCUT2D eigenvalue weighted by molar-refractivity contribution is -0.0180. The molecule has 1 saturated heterocycles. The summed E-state index contributed by atoms with van der Waals surface area (Å²) in [7, 11) is 0. The number of rotatable bonds is 1. The van der Waals surface area contributed by atoms with Crippen LogP contribution < -0.4 is 0 Å². The van der Waals surface area contributed by atoms with Gasteiger partial charge in [0, 0.05) is 18.5 Å². The number of aryl methyl sites for hydroxylation is 1. The summed E-state index contributed by atoms with van der Waals surface area (Å²) in [4.78, 5) is 18.8. The van der Waals surface area contributed by atoms with Gasteiger partial charge in [-0.15, -0.1) is 11.3 Å². The molecular formula is C12H18N2O2S. The maximum absolute atomic E-state index is 12.2. The lowest BCUT2D eigenvalue weighted by Crippen LogP contribution is -2.50. The molecular weight excluding hydrogens is 236 g/mol. The molecule has 17 heavy (non-hydrogen) atoms. The normalized spacial score (nSPS) is 23.8. The first-order chi connectivity index (χ1) is 7.90. The Labute approximate surface area is 105 Å². The molecule has 0 aromatic carbocycles. The second-order valence-corrected chi connectivity index (χ2v) is 6.50. The minimum Gasteiger partial charge on any atom is -0.392 e. The number of aliphatic hydroxyl groups excluding tert-OH is 1. The van der Waals surface area contributed by atoms with E-state index in [2.05, 4.69) is 4.98 Å². The summed E-state index contributed by atoms with van der Waals surface area (Å²) in [5.41, 5.74) is -0.229. The Kier molecular flexibility index (Phi) is 3.23. The van der Waals surface area contributed by atoms with Crippen molar-refractivity contribution in [3.8, 4) is 0 Å². The quantitative estimate of drug-likeness (QED) is 0.829. The number of amides is 1. The van der Waals surface area contributed by atoms with E-state index in [1.54, 1.807) is 6.20 Å². The van der Waals surface area contributed by atoms with Gasteiger partial charge >= 0.3 is 0 Å². The number of hydrogen-bond donors (Lipinski definition) is 1. The van der Waals surface area contributed by atoms with Gasteiger partial charge in [0.15, 0.2) is 0 Å². The third kappa shape index (κ3) is 2.50. The summed E-state index contributed by atoms with van der Waals surface area (Å²) in [5.74, 6) is 0.0376. The van der Waals surface area contributed by atoms with Crippen LogP contribution in [0.4, 0.5) is 0 Å². The van der Waals surface area contributed by atoms with E-state index in [1.165, 1.54) is 11.3 Å². The van der Waals surface area contributed by atoms with Crippen molar-refractivity contribution in [1.82, 2.24) is 9.88 Å². The van der Waals surface area contributed by atoms with Gasteiger partial charge in [-0.2, -0.15) is 0 Å². The van der Waals surface area contributed by atoms with Crippen LogP contribution in [0.25, 0.3) is 0 Å². The van der Waals surface area contributed by atoms with Gasteiger partial charge in [-0.3, -0.25) is 4.79 Å². The van der Waals surface area contributed by atoms with Crippen LogP contribution in [0.5, 0.6) is 0 Å². The van der Waals surface area contributed by atoms with Crippen LogP contribution in [-0.4, -0.2) is 40.1 Å². The summed E-state index contributed by atoms with van der Waals surface area (Å²) in [6, 6.07) is 0. The van der Waals surface area contributed by atoms with Gasteiger partial charge in [0.2, 0.25) is 0 Å². The van der Waals surface area contributed by atoms with E-state index in [0.717, 1.165) is 5.01 Å². The lowest BCUT2D eigenvalue weighted by Gasteiger charge is -2.41. The maximum atomic E-state index is 12.2. The molecule has 2 heterocycles. The van der Waals surface area contributed by atoms with Crippen molar-refractivity contribution in [2.75, 3.05) is 13.1 Å². The molecule has 5 heteroatoms. The first-order valence-corrected chi connectivity index (χ1v) is 6.61. The largest absolute Gasteiger partial charge is 0.392 e. The Morgan fingerprint density at radius 2 is 2.35 bits per heavy atom. The number of likely N-dealkylation sites (tertiary alicyclic amines) is 1. The fraction of sp³-hybridized carbons (Fsp3) is 0.667. The fourth-order valence-electron chi connectivity index (χ4n) is 2.13. The molecule has 1 amide bonds. The molecule has 1 fully saturated rings. The minimum atomic E-state index is -0.324. The molecule has 0 aliphatic carbocycles. The lowest BCUT2D eigenvalue weighted by atomic mass is 9.81. The number of aromatic nitrogens is 1. The highest BCUT2D eigenvalue weighted by molar-refractivity contribution is 7.13. The summed E-state index contributed by atoms with van der Waals surface area (Å²) in [6.07, 6.45) is 1.96. The average molecular weight is 254 g/mol. The fourth-order valence-corrected chi connectivity index (χ4v) is 2.88. The van der Waals surface area contributed by atoms with E-state index in [1.807, 2.05) is 25.7 Å². The standard InChI is InChI=1S/C12H18N2O2S/c1-8-13-6-9(17-8)11(16)14-5-4-10(15)12(2,3)7-14/h6,10,15H,4-5,7H2,1-3H3. The zero-order valence-electron chi connectivity index (χ0n) is 10.4. The van der Waals surface area contributed by atoms with Gasteiger partial charge in [-0.1, -0.05) is 13.8 Å². The van der Waals surface area contributed by atoms with Gasteiger partial charge in [-0.05, 0) is 13.3 Å².